The van der Waals surface area contributed by atoms with Crippen LogP contribution in [-0.4, -0.2) is 31.1 Å². The summed E-state index contributed by atoms with van der Waals surface area (Å²) in [5.41, 5.74) is 1.64. The van der Waals surface area contributed by atoms with Crippen LogP contribution in [0.2, 0.25) is 0 Å². The number of carbonyl (C=O) groups is 2. The van der Waals surface area contributed by atoms with Gasteiger partial charge in [-0.05, 0) is 49.9 Å². The van der Waals surface area contributed by atoms with E-state index < -0.39 is 0 Å². The largest absolute Gasteiger partial charge is 0.381 e. The zero-order valence-electron chi connectivity index (χ0n) is 14.9. The summed E-state index contributed by atoms with van der Waals surface area (Å²) in [4.78, 5) is 26.1. The first kappa shape index (κ1) is 18.5. The Labute approximate surface area is 144 Å². The van der Waals surface area contributed by atoms with Gasteiger partial charge in [-0.2, -0.15) is 0 Å². The molecule has 1 N–H and O–H groups in total. The van der Waals surface area contributed by atoms with Crippen LogP contribution >= 0.6 is 0 Å². The SMILES string of the molecule is CCC(CC)C(=O)Nc1ccc(N(C(C)=O)C2CCOCC2)cc1. The molecular formula is C19H28N2O3. The molecule has 0 saturated carbocycles. The summed E-state index contributed by atoms with van der Waals surface area (Å²) in [6.45, 7) is 7.03. The number of hydrogen-bond donors (Lipinski definition) is 1. The average Bonchev–Trinajstić information content (AvgIpc) is 2.58. The monoisotopic (exact) mass is 332 g/mol. The lowest BCUT2D eigenvalue weighted by Gasteiger charge is -2.33. The lowest BCUT2D eigenvalue weighted by Crippen LogP contribution is -2.42. The maximum absolute atomic E-state index is 12.2. The van der Waals surface area contributed by atoms with Crippen molar-refractivity contribution in [3.63, 3.8) is 0 Å². The molecule has 1 heterocycles. The standard InChI is InChI=1S/C19H28N2O3/c1-4-15(5-2)19(23)20-16-6-8-17(9-7-16)21(14(3)22)18-10-12-24-13-11-18/h6-9,15,18H,4-5,10-13H2,1-3H3,(H,20,23). The highest BCUT2D eigenvalue weighted by molar-refractivity contribution is 5.94. The van der Waals surface area contributed by atoms with Crippen LogP contribution in [0.4, 0.5) is 11.4 Å². The molecule has 0 unspecified atom stereocenters. The number of anilines is 2. The molecule has 0 aromatic heterocycles. The quantitative estimate of drug-likeness (QED) is 0.866. The average molecular weight is 332 g/mol. The molecule has 0 bridgehead atoms. The number of rotatable bonds is 6. The predicted octanol–water partition coefficient (Wildman–Crippen LogP) is 3.59. The van der Waals surface area contributed by atoms with E-state index in [-0.39, 0.29) is 23.8 Å². The zero-order valence-corrected chi connectivity index (χ0v) is 14.9. The van der Waals surface area contributed by atoms with Gasteiger partial charge in [-0.3, -0.25) is 9.59 Å². The minimum absolute atomic E-state index is 0.0377. The predicted molar refractivity (Wildman–Crippen MR) is 96.1 cm³/mol. The maximum Gasteiger partial charge on any atom is 0.227 e. The van der Waals surface area contributed by atoms with Crippen LogP contribution in [0.3, 0.4) is 0 Å². The van der Waals surface area contributed by atoms with E-state index in [1.54, 1.807) is 6.92 Å². The molecule has 0 aliphatic carbocycles. The van der Waals surface area contributed by atoms with Gasteiger partial charge in [0.2, 0.25) is 11.8 Å². The number of amides is 2. The summed E-state index contributed by atoms with van der Waals surface area (Å²) >= 11 is 0. The smallest absolute Gasteiger partial charge is 0.227 e. The van der Waals surface area contributed by atoms with Gasteiger partial charge in [0.25, 0.3) is 0 Å². The molecule has 1 aromatic carbocycles. The highest BCUT2D eigenvalue weighted by Crippen LogP contribution is 2.25. The second-order valence-corrected chi connectivity index (χ2v) is 6.28. The Kier molecular flexibility index (Phi) is 6.79. The fourth-order valence-electron chi connectivity index (χ4n) is 3.20. The Morgan fingerprint density at radius 2 is 1.75 bits per heavy atom. The summed E-state index contributed by atoms with van der Waals surface area (Å²) in [7, 11) is 0. The molecule has 24 heavy (non-hydrogen) atoms. The van der Waals surface area contributed by atoms with Gasteiger partial charge >= 0.3 is 0 Å². The number of benzene rings is 1. The molecule has 1 fully saturated rings. The Hall–Kier alpha value is -1.88. The van der Waals surface area contributed by atoms with E-state index in [4.69, 9.17) is 4.74 Å². The summed E-state index contributed by atoms with van der Waals surface area (Å²) in [5, 5.41) is 2.96. The molecule has 5 heteroatoms. The molecule has 0 spiro atoms. The van der Waals surface area contributed by atoms with Gasteiger partial charge < -0.3 is 15.0 Å². The highest BCUT2D eigenvalue weighted by atomic mass is 16.5. The van der Waals surface area contributed by atoms with Crippen LogP contribution in [0.25, 0.3) is 0 Å². The molecule has 2 amide bonds. The molecule has 5 nitrogen and oxygen atoms in total. The summed E-state index contributed by atoms with van der Waals surface area (Å²) < 4.78 is 5.39. The van der Waals surface area contributed by atoms with Crippen LogP contribution in [0, 0.1) is 5.92 Å². The summed E-state index contributed by atoms with van der Waals surface area (Å²) in [6.07, 6.45) is 3.38. The second-order valence-electron chi connectivity index (χ2n) is 6.28. The van der Waals surface area contributed by atoms with E-state index in [0.717, 1.165) is 37.1 Å². The summed E-state index contributed by atoms with van der Waals surface area (Å²) in [5.74, 6) is 0.136. The Morgan fingerprint density at radius 3 is 2.25 bits per heavy atom. The fourth-order valence-corrected chi connectivity index (χ4v) is 3.20. The lowest BCUT2D eigenvalue weighted by atomic mass is 10.0. The third-order valence-electron chi connectivity index (χ3n) is 4.66. The van der Waals surface area contributed by atoms with E-state index in [2.05, 4.69) is 5.32 Å². The van der Waals surface area contributed by atoms with Crippen molar-refractivity contribution in [2.24, 2.45) is 5.92 Å². The van der Waals surface area contributed by atoms with Crippen molar-refractivity contribution >= 4 is 23.2 Å². The first-order chi connectivity index (χ1) is 11.6. The molecular weight excluding hydrogens is 304 g/mol. The minimum atomic E-state index is 0.0377. The summed E-state index contributed by atoms with van der Waals surface area (Å²) in [6, 6.07) is 7.72. The van der Waals surface area contributed by atoms with E-state index >= 15 is 0 Å². The van der Waals surface area contributed by atoms with Crippen LogP contribution in [0.15, 0.2) is 24.3 Å². The van der Waals surface area contributed by atoms with Crippen molar-refractivity contribution in [2.45, 2.75) is 52.5 Å². The van der Waals surface area contributed by atoms with Crippen molar-refractivity contribution in [3.05, 3.63) is 24.3 Å². The molecule has 1 aromatic rings. The fraction of sp³-hybridized carbons (Fsp3) is 0.579. The van der Waals surface area contributed by atoms with Gasteiger partial charge in [-0.15, -0.1) is 0 Å². The maximum atomic E-state index is 12.2. The number of ether oxygens (including phenoxy) is 1. The van der Waals surface area contributed by atoms with Crippen LogP contribution in [0.1, 0.15) is 46.5 Å². The van der Waals surface area contributed by atoms with Crippen LogP contribution in [0.5, 0.6) is 0 Å². The van der Waals surface area contributed by atoms with Gasteiger partial charge in [-0.1, -0.05) is 13.8 Å². The number of hydrogen-bond acceptors (Lipinski definition) is 3. The van der Waals surface area contributed by atoms with Crippen molar-refractivity contribution in [1.29, 1.82) is 0 Å². The highest BCUT2D eigenvalue weighted by Gasteiger charge is 2.25. The second kappa shape index (κ2) is 8.83. The third kappa shape index (κ3) is 4.57. The number of carbonyl (C=O) groups excluding carboxylic acids is 2. The molecule has 0 radical (unpaired) electrons. The van der Waals surface area contributed by atoms with Gasteiger partial charge in [0.05, 0.1) is 0 Å². The molecule has 1 aliphatic rings. The normalized spacial score (nSPS) is 15.3. The molecule has 1 aliphatic heterocycles. The first-order valence-electron chi connectivity index (χ1n) is 8.85. The number of nitrogens with zero attached hydrogens (tertiary/aromatic N) is 1. The Bertz CT molecular complexity index is 546. The van der Waals surface area contributed by atoms with E-state index in [1.807, 2.05) is 43.0 Å². The number of nitrogens with one attached hydrogen (secondary N) is 1. The third-order valence-corrected chi connectivity index (χ3v) is 4.66. The first-order valence-corrected chi connectivity index (χ1v) is 8.85. The van der Waals surface area contributed by atoms with Gasteiger partial charge in [-0.25, -0.2) is 0 Å². The Morgan fingerprint density at radius 1 is 1.17 bits per heavy atom. The minimum Gasteiger partial charge on any atom is -0.381 e. The molecule has 1 saturated heterocycles. The van der Waals surface area contributed by atoms with Gasteiger partial charge in [0.1, 0.15) is 0 Å². The van der Waals surface area contributed by atoms with E-state index in [9.17, 15) is 9.59 Å². The molecule has 0 atom stereocenters. The van der Waals surface area contributed by atoms with E-state index in [0.29, 0.717) is 13.2 Å². The topological polar surface area (TPSA) is 58.6 Å². The molecule has 2 rings (SSSR count). The van der Waals surface area contributed by atoms with Gasteiger partial charge in [0.15, 0.2) is 0 Å². The lowest BCUT2D eigenvalue weighted by molar-refractivity contribution is -0.120. The van der Waals surface area contributed by atoms with Crippen LogP contribution < -0.4 is 10.2 Å². The van der Waals surface area contributed by atoms with Crippen molar-refractivity contribution in [1.82, 2.24) is 0 Å². The van der Waals surface area contributed by atoms with Crippen LogP contribution in [-0.2, 0) is 14.3 Å². The van der Waals surface area contributed by atoms with Crippen molar-refractivity contribution < 1.29 is 14.3 Å². The zero-order chi connectivity index (χ0) is 17.5. The van der Waals surface area contributed by atoms with E-state index in [1.165, 1.54) is 0 Å². The molecule has 132 valence electrons. The Balaban J connectivity index is 2.08. The van der Waals surface area contributed by atoms with Crippen molar-refractivity contribution in [2.75, 3.05) is 23.4 Å². The van der Waals surface area contributed by atoms with Gasteiger partial charge in [0, 0.05) is 43.5 Å². The van der Waals surface area contributed by atoms with Crippen molar-refractivity contribution in [3.8, 4) is 0 Å².